The molecule has 2 heterocycles. The Labute approximate surface area is 161 Å². The number of ether oxygens (including phenoxy) is 3. The van der Waals surface area contributed by atoms with Crippen molar-refractivity contribution in [2.45, 2.75) is 6.92 Å². The van der Waals surface area contributed by atoms with Crippen molar-refractivity contribution >= 4 is 23.2 Å². The molecular formula is C20H18N4O4. The Morgan fingerprint density at radius 2 is 1.75 bits per heavy atom. The van der Waals surface area contributed by atoms with Gasteiger partial charge in [-0.3, -0.25) is 4.79 Å². The first-order valence-electron chi connectivity index (χ1n) is 8.65. The monoisotopic (exact) mass is 378 g/mol. The van der Waals surface area contributed by atoms with Crippen LogP contribution in [0.15, 0.2) is 54.6 Å². The van der Waals surface area contributed by atoms with Crippen LogP contribution in [0.1, 0.15) is 5.56 Å². The second kappa shape index (κ2) is 7.83. The van der Waals surface area contributed by atoms with E-state index >= 15 is 0 Å². The summed E-state index contributed by atoms with van der Waals surface area (Å²) in [5, 5.41) is 13.8. The van der Waals surface area contributed by atoms with E-state index in [2.05, 4.69) is 20.8 Å². The third kappa shape index (κ3) is 4.29. The Bertz CT molecular complexity index is 975. The minimum absolute atomic E-state index is 0.109. The van der Waals surface area contributed by atoms with Gasteiger partial charge in [0.2, 0.25) is 6.79 Å². The van der Waals surface area contributed by atoms with Gasteiger partial charge in [-0.05, 0) is 43.3 Å². The molecule has 1 amide bonds. The Hall–Kier alpha value is -3.81. The topological polar surface area (TPSA) is 94.6 Å². The number of amides is 1. The first kappa shape index (κ1) is 17.6. The maximum absolute atomic E-state index is 12.0. The SMILES string of the molecule is Cc1ccc(OCC(=O)Nc2ccc(Nc3ccc4c(c3)OCO4)nn2)cc1. The van der Waals surface area contributed by atoms with Crippen molar-refractivity contribution in [2.24, 2.45) is 0 Å². The molecule has 0 atom stereocenters. The summed E-state index contributed by atoms with van der Waals surface area (Å²) in [6, 6.07) is 16.4. The summed E-state index contributed by atoms with van der Waals surface area (Å²) < 4.78 is 16.1. The zero-order valence-electron chi connectivity index (χ0n) is 15.1. The van der Waals surface area contributed by atoms with Crippen LogP contribution in [0.4, 0.5) is 17.3 Å². The lowest BCUT2D eigenvalue weighted by molar-refractivity contribution is -0.118. The summed E-state index contributed by atoms with van der Waals surface area (Å²) in [6.07, 6.45) is 0. The molecule has 8 heteroatoms. The van der Waals surface area contributed by atoms with E-state index in [1.807, 2.05) is 49.4 Å². The van der Waals surface area contributed by atoms with Gasteiger partial charge < -0.3 is 24.8 Å². The Morgan fingerprint density at radius 3 is 2.54 bits per heavy atom. The Morgan fingerprint density at radius 1 is 1.00 bits per heavy atom. The van der Waals surface area contributed by atoms with Crippen LogP contribution in [0, 0.1) is 6.92 Å². The van der Waals surface area contributed by atoms with Crippen LogP contribution >= 0.6 is 0 Å². The zero-order valence-corrected chi connectivity index (χ0v) is 15.1. The molecule has 0 unspecified atom stereocenters. The molecule has 0 saturated carbocycles. The van der Waals surface area contributed by atoms with Crippen molar-refractivity contribution in [2.75, 3.05) is 24.0 Å². The van der Waals surface area contributed by atoms with E-state index in [1.54, 1.807) is 12.1 Å². The highest BCUT2D eigenvalue weighted by Gasteiger charge is 2.13. The second-order valence-electron chi connectivity index (χ2n) is 6.15. The molecular weight excluding hydrogens is 360 g/mol. The van der Waals surface area contributed by atoms with E-state index in [-0.39, 0.29) is 19.3 Å². The van der Waals surface area contributed by atoms with Crippen LogP contribution in [-0.2, 0) is 4.79 Å². The minimum atomic E-state index is -0.314. The molecule has 0 spiro atoms. The number of hydrogen-bond acceptors (Lipinski definition) is 7. The van der Waals surface area contributed by atoms with Crippen molar-refractivity contribution < 1.29 is 19.0 Å². The fourth-order valence-corrected chi connectivity index (χ4v) is 2.55. The maximum Gasteiger partial charge on any atom is 0.263 e. The minimum Gasteiger partial charge on any atom is -0.484 e. The third-order valence-electron chi connectivity index (χ3n) is 3.97. The number of anilines is 3. The van der Waals surface area contributed by atoms with Gasteiger partial charge in [-0.25, -0.2) is 0 Å². The molecule has 1 aromatic heterocycles. The number of hydrogen-bond donors (Lipinski definition) is 2. The van der Waals surface area contributed by atoms with Gasteiger partial charge >= 0.3 is 0 Å². The first-order valence-corrected chi connectivity index (χ1v) is 8.65. The smallest absolute Gasteiger partial charge is 0.263 e. The number of aromatic nitrogens is 2. The maximum atomic E-state index is 12.0. The van der Waals surface area contributed by atoms with Gasteiger partial charge in [0.1, 0.15) is 5.75 Å². The molecule has 1 aliphatic rings. The lowest BCUT2D eigenvalue weighted by Crippen LogP contribution is -2.21. The molecule has 0 bridgehead atoms. The van der Waals surface area contributed by atoms with Crippen molar-refractivity contribution in [3.8, 4) is 17.2 Å². The van der Waals surface area contributed by atoms with Gasteiger partial charge in [-0.15, -0.1) is 10.2 Å². The molecule has 2 N–H and O–H groups in total. The molecule has 0 saturated heterocycles. The number of carbonyl (C=O) groups excluding carboxylic acids is 1. The summed E-state index contributed by atoms with van der Waals surface area (Å²) in [5.41, 5.74) is 1.92. The quantitative estimate of drug-likeness (QED) is 0.680. The predicted octanol–water partition coefficient (Wildman–Crippen LogP) is 3.27. The van der Waals surface area contributed by atoms with E-state index in [1.165, 1.54) is 0 Å². The molecule has 0 radical (unpaired) electrons. The van der Waals surface area contributed by atoms with E-state index in [0.29, 0.717) is 28.9 Å². The van der Waals surface area contributed by atoms with E-state index in [0.717, 1.165) is 11.3 Å². The number of carbonyl (C=O) groups is 1. The molecule has 4 rings (SSSR count). The summed E-state index contributed by atoms with van der Waals surface area (Å²) in [4.78, 5) is 12.0. The highest BCUT2D eigenvalue weighted by molar-refractivity contribution is 5.90. The van der Waals surface area contributed by atoms with Crippen LogP contribution in [0.25, 0.3) is 0 Å². The van der Waals surface area contributed by atoms with E-state index < -0.39 is 0 Å². The first-order chi connectivity index (χ1) is 13.7. The lowest BCUT2D eigenvalue weighted by Gasteiger charge is -2.08. The standard InChI is InChI=1S/C20H18N4O4/c1-13-2-5-15(6-3-13)26-11-20(25)22-19-9-8-18(23-24-19)21-14-4-7-16-17(10-14)28-12-27-16/h2-10H,11-12H2,1H3,(H,21,23)(H,22,24,25). The number of nitrogens with one attached hydrogen (secondary N) is 2. The highest BCUT2D eigenvalue weighted by atomic mass is 16.7. The molecule has 2 aromatic carbocycles. The Balaban J connectivity index is 1.30. The van der Waals surface area contributed by atoms with Crippen molar-refractivity contribution in [1.82, 2.24) is 10.2 Å². The number of fused-ring (bicyclic) bond motifs is 1. The van der Waals surface area contributed by atoms with Crippen LogP contribution in [0.2, 0.25) is 0 Å². The van der Waals surface area contributed by atoms with Gasteiger partial charge in [0.15, 0.2) is 29.7 Å². The van der Waals surface area contributed by atoms with Crippen molar-refractivity contribution in [1.29, 1.82) is 0 Å². The van der Waals surface area contributed by atoms with Gasteiger partial charge in [-0.2, -0.15) is 0 Å². The number of benzene rings is 2. The summed E-state index contributed by atoms with van der Waals surface area (Å²) in [7, 11) is 0. The van der Waals surface area contributed by atoms with Gasteiger partial charge in [-0.1, -0.05) is 17.7 Å². The third-order valence-corrected chi connectivity index (χ3v) is 3.97. The number of nitrogens with zero attached hydrogens (tertiary/aromatic N) is 2. The molecule has 0 aliphatic carbocycles. The zero-order chi connectivity index (χ0) is 19.3. The summed E-state index contributed by atoms with van der Waals surface area (Å²) in [6.45, 7) is 2.10. The molecule has 0 fully saturated rings. The molecule has 8 nitrogen and oxygen atoms in total. The average molecular weight is 378 g/mol. The fraction of sp³-hybridized carbons (Fsp3) is 0.150. The molecule has 3 aromatic rings. The molecule has 1 aliphatic heterocycles. The second-order valence-corrected chi connectivity index (χ2v) is 6.15. The number of aryl methyl sites for hydroxylation is 1. The normalized spacial score (nSPS) is 11.8. The summed E-state index contributed by atoms with van der Waals surface area (Å²) >= 11 is 0. The summed E-state index contributed by atoms with van der Waals surface area (Å²) in [5.74, 6) is 2.58. The predicted molar refractivity (Wildman–Crippen MR) is 103 cm³/mol. The average Bonchev–Trinajstić information content (AvgIpc) is 3.17. The van der Waals surface area contributed by atoms with Crippen molar-refractivity contribution in [3.05, 3.63) is 60.2 Å². The molecule has 28 heavy (non-hydrogen) atoms. The van der Waals surface area contributed by atoms with Gasteiger partial charge in [0, 0.05) is 11.8 Å². The van der Waals surface area contributed by atoms with Crippen molar-refractivity contribution in [3.63, 3.8) is 0 Å². The van der Waals surface area contributed by atoms with E-state index in [4.69, 9.17) is 14.2 Å². The molecule has 142 valence electrons. The van der Waals surface area contributed by atoms with Crippen LogP contribution in [-0.4, -0.2) is 29.5 Å². The van der Waals surface area contributed by atoms with Gasteiger partial charge in [0.05, 0.1) is 0 Å². The van der Waals surface area contributed by atoms with Crippen LogP contribution in [0.5, 0.6) is 17.2 Å². The Kier molecular flexibility index (Phi) is 4.92. The van der Waals surface area contributed by atoms with Crippen LogP contribution < -0.4 is 24.8 Å². The number of rotatable bonds is 6. The van der Waals surface area contributed by atoms with Crippen LogP contribution in [0.3, 0.4) is 0 Å². The van der Waals surface area contributed by atoms with E-state index in [9.17, 15) is 4.79 Å². The lowest BCUT2D eigenvalue weighted by atomic mass is 10.2. The highest BCUT2D eigenvalue weighted by Crippen LogP contribution is 2.34. The fourth-order valence-electron chi connectivity index (χ4n) is 2.55. The largest absolute Gasteiger partial charge is 0.484 e. The van der Waals surface area contributed by atoms with Gasteiger partial charge in [0.25, 0.3) is 5.91 Å².